The summed E-state index contributed by atoms with van der Waals surface area (Å²) in [5, 5.41) is 6.87. The zero-order valence-corrected chi connectivity index (χ0v) is 17.9. The first-order chi connectivity index (χ1) is 13.3. The molecule has 0 fully saturated rings. The van der Waals surface area contributed by atoms with Crippen molar-refractivity contribution < 1.29 is 23.8 Å². The van der Waals surface area contributed by atoms with Gasteiger partial charge in [0.2, 0.25) is 0 Å². The van der Waals surface area contributed by atoms with Gasteiger partial charge < -0.3 is 24.8 Å². The maximum absolute atomic E-state index is 12.2. The number of anilines is 1. The molecule has 150 valence electrons. The van der Waals surface area contributed by atoms with E-state index < -0.39 is 11.9 Å². The highest BCUT2D eigenvalue weighted by Gasteiger charge is 2.26. The third-order valence-corrected chi connectivity index (χ3v) is 5.48. The number of nitrogens with one attached hydrogen (secondary N) is 2. The molecule has 0 aliphatic rings. The number of hydrogen-bond donors (Lipinski definition) is 2. The van der Waals surface area contributed by atoms with Crippen LogP contribution in [0, 0.1) is 6.92 Å². The van der Waals surface area contributed by atoms with Crippen molar-refractivity contribution >= 4 is 45.6 Å². The lowest BCUT2D eigenvalue weighted by Crippen LogP contribution is -2.31. The number of esters is 2. The molecule has 0 spiro atoms. The van der Waals surface area contributed by atoms with Gasteiger partial charge in [-0.15, -0.1) is 11.3 Å². The van der Waals surface area contributed by atoms with Crippen LogP contribution in [0.5, 0.6) is 5.75 Å². The first kappa shape index (κ1) is 21.6. The highest BCUT2D eigenvalue weighted by Crippen LogP contribution is 2.34. The number of methoxy groups -OCH3 is 3. The van der Waals surface area contributed by atoms with Crippen molar-refractivity contribution in [3.05, 3.63) is 45.8 Å². The molecule has 2 aromatic rings. The van der Waals surface area contributed by atoms with Crippen LogP contribution in [-0.2, 0) is 9.47 Å². The van der Waals surface area contributed by atoms with Crippen LogP contribution in [0.25, 0.3) is 0 Å². The highest BCUT2D eigenvalue weighted by molar-refractivity contribution is 7.80. The van der Waals surface area contributed by atoms with E-state index in [0.29, 0.717) is 20.6 Å². The van der Waals surface area contributed by atoms with Crippen molar-refractivity contribution in [3.8, 4) is 5.75 Å². The smallest absolute Gasteiger partial charge is 0.348 e. The maximum Gasteiger partial charge on any atom is 0.348 e. The normalized spacial score (nSPS) is 11.3. The van der Waals surface area contributed by atoms with E-state index in [2.05, 4.69) is 10.6 Å². The van der Waals surface area contributed by atoms with Crippen molar-refractivity contribution in [2.45, 2.75) is 19.9 Å². The molecule has 28 heavy (non-hydrogen) atoms. The minimum atomic E-state index is -0.560. The molecule has 2 rings (SSSR count). The average molecular weight is 423 g/mol. The van der Waals surface area contributed by atoms with Gasteiger partial charge in [0.05, 0.1) is 32.9 Å². The van der Waals surface area contributed by atoms with Gasteiger partial charge in [0.15, 0.2) is 5.11 Å². The number of benzene rings is 1. The van der Waals surface area contributed by atoms with Crippen LogP contribution < -0.4 is 15.4 Å². The molecule has 1 aromatic carbocycles. The molecular formula is C19H22N2O5S2. The van der Waals surface area contributed by atoms with Crippen molar-refractivity contribution in [2.24, 2.45) is 0 Å². The van der Waals surface area contributed by atoms with Crippen molar-refractivity contribution in [1.82, 2.24) is 5.32 Å². The highest BCUT2D eigenvalue weighted by atomic mass is 32.1. The Balaban J connectivity index is 2.22. The summed E-state index contributed by atoms with van der Waals surface area (Å²) in [6.45, 7) is 3.61. The second kappa shape index (κ2) is 9.52. The zero-order chi connectivity index (χ0) is 20.8. The number of carbonyl (C=O) groups is 2. The lowest BCUT2D eigenvalue weighted by Gasteiger charge is -2.18. The summed E-state index contributed by atoms with van der Waals surface area (Å²) in [5.74, 6) is -0.339. The molecule has 0 aliphatic carbocycles. The number of rotatable bonds is 6. The first-order valence-electron chi connectivity index (χ1n) is 8.33. The summed E-state index contributed by atoms with van der Waals surface area (Å²) in [4.78, 5) is 24.5. The molecule has 1 unspecified atom stereocenters. The predicted octanol–water partition coefficient (Wildman–Crippen LogP) is 3.69. The summed E-state index contributed by atoms with van der Waals surface area (Å²) < 4.78 is 14.9. The second-order valence-electron chi connectivity index (χ2n) is 5.84. The molecule has 0 bridgehead atoms. The Morgan fingerprint density at radius 3 is 2.43 bits per heavy atom. The Morgan fingerprint density at radius 1 is 1.14 bits per heavy atom. The standard InChI is InChI=1S/C19H22N2O5S2/c1-10-14(17(22)25-4)16(28-15(10)18(23)26-5)21-19(27)20-11(2)12-7-6-8-13(9-12)24-3/h6-9,11H,1-5H3,(H2,20,21,27). The fourth-order valence-corrected chi connectivity index (χ4v) is 4.03. The average Bonchev–Trinajstić information content (AvgIpc) is 3.02. The van der Waals surface area contributed by atoms with Gasteiger partial charge in [-0.3, -0.25) is 0 Å². The molecule has 1 aromatic heterocycles. The van der Waals surface area contributed by atoms with E-state index in [1.165, 1.54) is 14.2 Å². The van der Waals surface area contributed by atoms with E-state index >= 15 is 0 Å². The third kappa shape index (κ3) is 4.79. The molecule has 0 amide bonds. The van der Waals surface area contributed by atoms with Gasteiger partial charge in [0, 0.05) is 0 Å². The van der Waals surface area contributed by atoms with Crippen molar-refractivity contribution in [2.75, 3.05) is 26.6 Å². The summed E-state index contributed by atoms with van der Waals surface area (Å²) in [6, 6.07) is 7.50. The lowest BCUT2D eigenvalue weighted by atomic mass is 10.1. The van der Waals surface area contributed by atoms with Crippen LogP contribution in [-0.4, -0.2) is 38.4 Å². The summed E-state index contributed by atoms with van der Waals surface area (Å²) in [7, 11) is 4.17. The zero-order valence-electron chi connectivity index (χ0n) is 16.2. The predicted molar refractivity (Wildman–Crippen MR) is 113 cm³/mol. The summed E-state index contributed by atoms with van der Waals surface area (Å²) in [5.41, 5.74) is 1.72. The first-order valence-corrected chi connectivity index (χ1v) is 9.56. The fourth-order valence-electron chi connectivity index (χ4n) is 2.57. The van der Waals surface area contributed by atoms with Crippen molar-refractivity contribution in [1.29, 1.82) is 0 Å². The molecule has 7 nitrogen and oxygen atoms in total. The number of thiocarbonyl (C=S) groups is 1. The molecule has 9 heteroatoms. The van der Waals surface area contributed by atoms with Crippen LogP contribution in [0.1, 0.15) is 44.1 Å². The molecule has 1 heterocycles. The van der Waals surface area contributed by atoms with Crippen LogP contribution in [0.15, 0.2) is 24.3 Å². The Hall–Kier alpha value is -2.65. The third-order valence-electron chi connectivity index (χ3n) is 4.08. The SMILES string of the molecule is COC(=O)c1sc(NC(=S)NC(C)c2cccc(OC)c2)c(C(=O)OC)c1C. The van der Waals surface area contributed by atoms with E-state index in [-0.39, 0.29) is 11.6 Å². The van der Waals surface area contributed by atoms with E-state index in [0.717, 1.165) is 22.6 Å². The summed E-state index contributed by atoms with van der Waals surface area (Å²) >= 11 is 6.47. The van der Waals surface area contributed by atoms with Gasteiger partial charge in [-0.25, -0.2) is 9.59 Å². The van der Waals surface area contributed by atoms with Gasteiger partial charge in [0.25, 0.3) is 0 Å². The van der Waals surface area contributed by atoms with Gasteiger partial charge in [-0.1, -0.05) is 12.1 Å². The van der Waals surface area contributed by atoms with Crippen LogP contribution >= 0.6 is 23.6 Å². The summed E-state index contributed by atoms with van der Waals surface area (Å²) in [6.07, 6.45) is 0. The molecular weight excluding hydrogens is 400 g/mol. The topological polar surface area (TPSA) is 85.9 Å². The van der Waals surface area contributed by atoms with Gasteiger partial charge in [0.1, 0.15) is 15.6 Å². The van der Waals surface area contributed by atoms with Gasteiger partial charge in [-0.2, -0.15) is 0 Å². The van der Waals surface area contributed by atoms with E-state index in [1.807, 2.05) is 31.2 Å². The van der Waals surface area contributed by atoms with E-state index in [4.69, 9.17) is 26.4 Å². The largest absolute Gasteiger partial charge is 0.497 e. The van der Waals surface area contributed by atoms with Crippen LogP contribution in [0.4, 0.5) is 5.00 Å². The number of ether oxygens (including phenoxy) is 3. The number of carbonyl (C=O) groups excluding carboxylic acids is 2. The molecule has 0 saturated heterocycles. The maximum atomic E-state index is 12.2. The van der Waals surface area contributed by atoms with Gasteiger partial charge >= 0.3 is 11.9 Å². The Labute approximate surface area is 173 Å². The van der Waals surface area contributed by atoms with E-state index in [9.17, 15) is 9.59 Å². The quantitative estimate of drug-likeness (QED) is 0.539. The molecule has 0 radical (unpaired) electrons. The van der Waals surface area contributed by atoms with Crippen LogP contribution in [0.3, 0.4) is 0 Å². The Kier molecular flexibility index (Phi) is 7.36. The Morgan fingerprint density at radius 2 is 1.82 bits per heavy atom. The Bertz CT molecular complexity index is 894. The second-order valence-corrected chi connectivity index (χ2v) is 7.27. The minimum Gasteiger partial charge on any atom is -0.497 e. The molecule has 1 atom stereocenters. The number of thiophene rings is 1. The monoisotopic (exact) mass is 422 g/mol. The minimum absolute atomic E-state index is 0.113. The molecule has 0 saturated carbocycles. The van der Waals surface area contributed by atoms with Crippen molar-refractivity contribution in [3.63, 3.8) is 0 Å². The van der Waals surface area contributed by atoms with Crippen LogP contribution in [0.2, 0.25) is 0 Å². The number of hydrogen-bond acceptors (Lipinski definition) is 7. The van der Waals surface area contributed by atoms with E-state index in [1.54, 1.807) is 14.0 Å². The lowest BCUT2D eigenvalue weighted by molar-refractivity contribution is 0.0601. The van der Waals surface area contributed by atoms with Gasteiger partial charge in [-0.05, 0) is 49.3 Å². The molecule has 0 aliphatic heterocycles. The fraction of sp³-hybridized carbons (Fsp3) is 0.316. The molecule has 2 N–H and O–H groups in total.